The highest BCUT2D eigenvalue weighted by Gasteiger charge is 2.32. The minimum absolute atomic E-state index is 0.222. The summed E-state index contributed by atoms with van der Waals surface area (Å²) in [6, 6.07) is 8.03. The largest absolute Gasteiger partial charge is 0.419 e. The fourth-order valence-corrected chi connectivity index (χ4v) is 3.49. The lowest BCUT2D eigenvalue weighted by molar-refractivity contribution is -0.129. The first-order valence-corrected chi connectivity index (χ1v) is 9.08. The first-order valence-electron chi connectivity index (χ1n) is 8.29. The zero-order valence-electron chi connectivity index (χ0n) is 13.2. The summed E-state index contributed by atoms with van der Waals surface area (Å²) in [4.78, 5) is 14.1. The molecule has 1 aromatic heterocycles. The van der Waals surface area contributed by atoms with Gasteiger partial charge in [-0.1, -0.05) is 18.6 Å². The van der Waals surface area contributed by atoms with Crippen LogP contribution in [0.2, 0.25) is 0 Å². The summed E-state index contributed by atoms with van der Waals surface area (Å²) in [6.07, 6.45) is 3.27. The van der Waals surface area contributed by atoms with E-state index >= 15 is 0 Å². The first kappa shape index (κ1) is 15.8. The second-order valence-corrected chi connectivity index (χ2v) is 7.36. The molecule has 7 heteroatoms. The van der Waals surface area contributed by atoms with Crippen molar-refractivity contribution in [3.05, 3.63) is 34.6 Å². The molecule has 0 bridgehead atoms. The Hall–Kier alpha value is -1.73. The van der Waals surface area contributed by atoms with Gasteiger partial charge >= 0.3 is 0 Å². The number of hydrogen-bond acceptors (Lipinski definition) is 5. The van der Waals surface area contributed by atoms with Crippen molar-refractivity contribution in [2.45, 2.75) is 31.8 Å². The molecule has 2 heterocycles. The summed E-state index contributed by atoms with van der Waals surface area (Å²) in [5.41, 5.74) is 0.894. The van der Waals surface area contributed by atoms with Crippen LogP contribution in [-0.2, 0) is 11.3 Å². The van der Waals surface area contributed by atoms with Gasteiger partial charge in [-0.05, 0) is 40.9 Å². The fraction of sp³-hybridized carbons (Fsp3) is 0.471. The first-order chi connectivity index (χ1) is 11.7. The predicted octanol–water partition coefficient (Wildman–Crippen LogP) is 2.60. The Bertz CT molecular complexity index is 738. The van der Waals surface area contributed by atoms with E-state index in [4.69, 9.17) is 4.42 Å². The zero-order valence-corrected chi connectivity index (χ0v) is 14.8. The smallest absolute Gasteiger partial charge is 0.248 e. The lowest BCUT2D eigenvalue weighted by atomic mass is 9.84. The van der Waals surface area contributed by atoms with Gasteiger partial charge in [0.2, 0.25) is 17.7 Å². The molecule has 126 valence electrons. The lowest BCUT2D eigenvalue weighted by Crippen LogP contribution is -2.59. The Balaban J connectivity index is 1.28. The third kappa shape index (κ3) is 3.23. The van der Waals surface area contributed by atoms with Crippen LogP contribution in [0.5, 0.6) is 0 Å². The maximum absolute atomic E-state index is 11.9. The number of likely N-dealkylation sites (tertiary alicyclic amines) is 1. The normalized spacial score (nSPS) is 18.9. The third-order valence-electron chi connectivity index (χ3n) is 4.71. The van der Waals surface area contributed by atoms with E-state index in [0.29, 0.717) is 18.3 Å². The van der Waals surface area contributed by atoms with Crippen molar-refractivity contribution in [3.63, 3.8) is 0 Å². The highest BCUT2D eigenvalue weighted by Crippen LogP contribution is 2.28. The van der Waals surface area contributed by atoms with Crippen LogP contribution in [0.15, 0.2) is 33.2 Å². The average Bonchev–Trinajstić information content (AvgIpc) is 2.92. The van der Waals surface area contributed by atoms with Crippen molar-refractivity contribution in [2.75, 3.05) is 13.1 Å². The van der Waals surface area contributed by atoms with Gasteiger partial charge in [-0.2, -0.15) is 0 Å². The number of nitrogens with zero attached hydrogens (tertiary/aromatic N) is 3. The van der Waals surface area contributed by atoms with Crippen molar-refractivity contribution in [3.8, 4) is 11.5 Å². The van der Waals surface area contributed by atoms with E-state index in [1.54, 1.807) is 0 Å². The van der Waals surface area contributed by atoms with Crippen molar-refractivity contribution in [1.82, 2.24) is 20.4 Å². The molecule has 1 aromatic carbocycles. The highest BCUT2D eigenvalue weighted by molar-refractivity contribution is 9.10. The van der Waals surface area contributed by atoms with Gasteiger partial charge < -0.3 is 9.73 Å². The predicted molar refractivity (Wildman–Crippen MR) is 92.0 cm³/mol. The number of rotatable bonds is 5. The van der Waals surface area contributed by atoms with Crippen LogP contribution >= 0.6 is 15.9 Å². The molecule has 24 heavy (non-hydrogen) atoms. The van der Waals surface area contributed by atoms with Gasteiger partial charge in [0.25, 0.3) is 0 Å². The van der Waals surface area contributed by atoms with E-state index < -0.39 is 0 Å². The topological polar surface area (TPSA) is 71.3 Å². The molecule has 1 amide bonds. The van der Waals surface area contributed by atoms with E-state index in [2.05, 4.69) is 36.3 Å². The van der Waals surface area contributed by atoms with Crippen LogP contribution in [0.25, 0.3) is 11.5 Å². The van der Waals surface area contributed by atoms with E-state index in [-0.39, 0.29) is 17.9 Å². The van der Waals surface area contributed by atoms with E-state index in [1.165, 1.54) is 6.42 Å². The van der Waals surface area contributed by atoms with Crippen molar-refractivity contribution in [1.29, 1.82) is 0 Å². The third-order valence-corrected chi connectivity index (χ3v) is 5.40. The van der Waals surface area contributed by atoms with Gasteiger partial charge in [0.05, 0.1) is 18.2 Å². The molecular weight excluding hydrogens is 372 g/mol. The molecule has 0 radical (unpaired) electrons. The number of carbonyl (C=O) groups is 1. The maximum atomic E-state index is 11.9. The highest BCUT2D eigenvalue weighted by atomic mass is 79.9. The van der Waals surface area contributed by atoms with Crippen molar-refractivity contribution >= 4 is 21.8 Å². The number of halogens is 1. The van der Waals surface area contributed by atoms with E-state index in [0.717, 1.165) is 36.0 Å². The quantitative estimate of drug-likeness (QED) is 0.849. The van der Waals surface area contributed by atoms with Crippen LogP contribution in [-0.4, -0.2) is 40.1 Å². The molecule has 0 unspecified atom stereocenters. The number of benzene rings is 1. The van der Waals surface area contributed by atoms with Gasteiger partial charge in [0.15, 0.2) is 0 Å². The number of hydrogen-bond donors (Lipinski definition) is 1. The monoisotopic (exact) mass is 390 g/mol. The van der Waals surface area contributed by atoms with Crippen LogP contribution in [0.3, 0.4) is 0 Å². The number of carbonyl (C=O) groups excluding carboxylic acids is 1. The summed E-state index contributed by atoms with van der Waals surface area (Å²) in [6.45, 7) is 2.30. The molecule has 6 nitrogen and oxygen atoms in total. The van der Waals surface area contributed by atoms with Crippen LogP contribution in [0, 0.1) is 5.92 Å². The van der Waals surface area contributed by atoms with Crippen LogP contribution in [0.1, 0.15) is 25.2 Å². The van der Waals surface area contributed by atoms with Crippen molar-refractivity contribution < 1.29 is 9.21 Å². The van der Waals surface area contributed by atoms with Crippen LogP contribution < -0.4 is 5.32 Å². The molecule has 1 saturated heterocycles. The van der Waals surface area contributed by atoms with Gasteiger partial charge in [-0.15, -0.1) is 10.2 Å². The zero-order chi connectivity index (χ0) is 16.5. The number of amides is 1. The summed E-state index contributed by atoms with van der Waals surface area (Å²) >= 11 is 3.49. The summed E-state index contributed by atoms with van der Waals surface area (Å²) in [5, 5.41) is 11.4. The fourth-order valence-electron chi connectivity index (χ4n) is 3.03. The second-order valence-electron chi connectivity index (χ2n) is 6.51. The molecule has 0 spiro atoms. The summed E-state index contributed by atoms with van der Waals surface area (Å²) in [5.74, 6) is 1.60. The Kier molecular flexibility index (Phi) is 4.37. The van der Waals surface area contributed by atoms with E-state index in [9.17, 15) is 4.79 Å². The van der Waals surface area contributed by atoms with Gasteiger partial charge in [0.1, 0.15) is 0 Å². The average molecular weight is 391 g/mol. The minimum Gasteiger partial charge on any atom is -0.419 e. The molecule has 1 aliphatic carbocycles. The molecule has 1 N–H and O–H groups in total. The summed E-state index contributed by atoms with van der Waals surface area (Å²) < 4.78 is 6.69. The minimum atomic E-state index is 0.222. The van der Waals surface area contributed by atoms with E-state index in [1.807, 2.05) is 24.3 Å². The van der Waals surface area contributed by atoms with Gasteiger partial charge in [-0.3, -0.25) is 9.69 Å². The molecule has 2 fully saturated rings. The molecule has 1 aliphatic heterocycles. The van der Waals surface area contributed by atoms with Gasteiger partial charge in [0, 0.05) is 23.5 Å². The molecule has 2 aromatic rings. The Morgan fingerprint density at radius 2 is 2.08 bits per heavy atom. The Morgan fingerprint density at radius 1 is 1.29 bits per heavy atom. The molecular formula is C17H19BrN4O2. The molecule has 1 saturated carbocycles. The lowest BCUT2D eigenvalue weighted by Gasteiger charge is -2.40. The van der Waals surface area contributed by atoms with Crippen molar-refractivity contribution in [2.24, 2.45) is 5.92 Å². The second kappa shape index (κ2) is 6.64. The van der Waals surface area contributed by atoms with Gasteiger partial charge in [-0.25, -0.2) is 0 Å². The Labute approximate surface area is 148 Å². The standard InChI is InChI=1S/C17H19BrN4O2/c18-14-7-2-1-6-13(14)17-21-20-15(24-17)10-22-8-12(9-22)19-16(23)11-4-3-5-11/h1-2,6-7,11-12H,3-5,8-10H2,(H,19,23). The number of aromatic nitrogens is 2. The number of nitrogens with one attached hydrogen (secondary N) is 1. The molecule has 2 aliphatic rings. The molecule has 0 atom stereocenters. The molecule has 4 rings (SSSR count). The van der Waals surface area contributed by atoms with Crippen LogP contribution in [0.4, 0.5) is 0 Å². The summed E-state index contributed by atoms with van der Waals surface area (Å²) in [7, 11) is 0. The Morgan fingerprint density at radius 3 is 2.79 bits per heavy atom. The SMILES string of the molecule is O=C(NC1CN(Cc2nnc(-c3ccccc3Br)o2)C1)C1CCC1. The maximum Gasteiger partial charge on any atom is 0.248 e.